The number of hydrogen-bond acceptors (Lipinski definition) is 1. The third kappa shape index (κ3) is 3.65. The predicted octanol–water partition coefficient (Wildman–Crippen LogP) is 12.0. The summed E-state index contributed by atoms with van der Waals surface area (Å²) in [5, 5.41) is 3.08. The normalized spacial score (nSPS) is 14.7. The van der Waals surface area contributed by atoms with E-state index in [1.807, 2.05) is 78.9 Å². The third-order valence-electron chi connectivity index (χ3n) is 8.15. The lowest BCUT2D eigenvalue weighted by Gasteiger charge is -2.19. The fourth-order valence-corrected chi connectivity index (χ4v) is 6.29. The standard InChI is InChI=1S/C42H26O/c1-2-12-27(13-3-1)30-15-6-7-17-32(30)41-35-20-10-8-18-33(35)40(34-19-9-11-21-36(34)41)29-23-25-39-38(26-29)37-24-22-28-14-4-5-16-31(28)42(37)43-39/h1-26H/i4D,5D,14D,16D,22D,23D,24D,25D,26D. The minimum atomic E-state index is -0.535. The van der Waals surface area contributed by atoms with Crippen LogP contribution >= 0.6 is 0 Å². The molecule has 8 aromatic carbocycles. The molecule has 0 saturated carbocycles. The second-order valence-corrected chi connectivity index (χ2v) is 10.5. The molecule has 1 aromatic heterocycles. The molecule has 9 aromatic rings. The Morgan fingerprint density at radius 2 is 1.05 bits per heavy atom. The summed E-state index contributed by atoms with van der Waals surface area (Å²) in [5.41, 5.74) is 4.59. The molecule has 0 aliphatic carbocycles. The van der Waals surface area contributed by atoms with E-state index in [0.717, 1.165) is 43.8 Å². The molecule has 0 saturated heterocycles. The molecule has 0 spiro atoms. The smallest absolute Gasteiger partial charge is 0.143 e. The predicted molar refractivity (Wildman–Crippen MR) is 183 cm³/mol. The van der Waals surface area contributed by atoms with Crippen molar-refractivity contribution in [3.05, 3.63) is 158 Å². The van der Waals surface area contributed by atoms with Gasteiger partial charge in [0.05, 0.1) is 12.3 Å². The van der Waals surface area contributed by atoms with Gasteiger partial charge in [-0.15, -0.1) is 0 Å². The Bertz CT molecular complexity index is 2950. The van der Waals surface area contributed by atoms with E-state index in [2.05, 4.69) is 24.3 Å². The van der Waals surface area contributed by atoms with E-state index < -0.39 is 30.2 Å². The van der Waals surface area contributed by atoms with Gasteiger partial charge in [-0.05, 0) is 78.4 Å². The molecule has 9 rings (SSSR count). The average Bonchev–Trinajstić information content (AvgIpc) is 3.58. The molecule has 43 heavy (non-hydrogen) atoms. The summed E-state index contributed by atoms with van der Waals surface area (Å²) in [6.07, 6.45) is 0. The molecular formula is C42H26O. The Balaban J connectivity index is 1.45. The summed E-state index contributed by atoms with van der Waals surface area (Å²) in [4.78, 5) is 0. The second kappa shape index (κ2) is 9.44. The fourth-order valence-electron chi connectivity index (χ4n) is 6.29. The highest BCUT2D eigenvalue weighted by atomic mass is 16.3. The van der Waals surface area contributed by atoms with Crippen LogP contribution in [0.4, 0.5) is 0 Å². The summed E-state index contributed by atoms with van der Waals surface area (Å²) >= 11 is 0. The number of rotatable bonds is 3. The molecular weight excluding hydrogens is 520 g/mol. The summed E-state index contributed by atoms with van der Waals surface area (Å²) in [5.74, 6) is 0. The third-order valence-corrected chi connectivity index (χ3v) is 8.15. The molecule has 1 heteroatoms. The van der Waals surface area contributed by atoms with Gasteiger partial charge in [0.2, 0.25) is 0 Å². The second-order valence-electron chi connectivity index (χ2n) is 10.5. The van der Waals surface area contributed by atoms with Crippen LogP contribution in [-0.4, -0.2) is 0 Å². The SMILES string of the molecule is [2H]c1c(-c2c3ccccc3c(-c3ccccc3-c3ccccc3)c3ccccc23)c([2H])c2c(oc3c4c([2H])c([2H])c([2H])c([2H])c4c([2H])c([2H])c32)c1[2H]. The maximum absolute atomic E-state index is 9.72. The molecule has 200 valence electrons. The maximum atomic E-state index is 9.72. The van der Waals surface area contributed by atoms with Crippen molar-refractivity contribution in [3.8, 4) is 33.4 Å². The zero-order valence-corrected chi connectivity index (χ0v) is 22.7. The minimum Gasteiger partial charge on any atom is -0.455 e. The van der Waals surface area contributed by atoms with Crippen LogP contribution in [0.1, 0.15) is 12.3 Å². The van der Waals surface area contributed by atoms with E-state index in [0.29, 0.717) is 5.56 Å². The van der Waals surface area contributed by atoms with Gasteiger partial charge in [-0.1, -0.05) is 139 Å². The molecule has 0 N–H and O–H groups in total. The molecule has 0 bridgehead atoms. The van der Waals surface area contributed by atoms with Crippen molar-refractivity contribution in [2.24, 2.45) is 0 Å². The minimum absolute atomic E-state index is 0.000648. The summed E-state index contributed by atoms with van der Waals surface area (Å²) in [7, 11) is 0. The molecule has 0 aliphatic heterocycles. The highest BCUT2D eigenvalue weighted by Gasteiger charge is 2.19. The molecule has 0 amide bonds. The van der Waals surface area contributed by atoms with E-state index >= 15 is 0 Å². The fraction of sp³-hybridized carbons (Fsp3) is 0. The molecule has 0 unspecified atom stereocenters. The summed E-state index contributed by atoms with van der Waals surface area (Å²) in [6.45, 7) is 0. The molecule has 0 fully saturated rings. The van der Waals surface area contributed by atoms with Gasteiger partial charge in [0.1, 0.15) is 11.2 Å². The van der Waals surface area contributed by atoms with Crippen LogP contribution in [0.25, 0.3) is 87.6 Å². The van der Waals surface area contributed by atoms with Crippen LogP contribution in [0.2, 0.25) is 0 Å². The zero-order chi connectivity index (χ0) is 36.2. The number of fused-ring (bicyclic) bond motifs is 7. The highest BCUT2D eigenvalue weighted by Crippen LogP contribution is 2.47. The summed E-state index contributed by atoms with van der Waals surface area (Å²) < 4.78 is 86.0. The van der Waals surface area contributed by atoms with E-state index in [4.69, 9.17) is 12.6 Å². The van der Waals surface area contributed by atoms with Crippen molar-refractivity contribution < 1.29 is 16.8 Å². The van der Waals surface area contributed by atoms with Gasteiger partial charge in [-0.25, -0.2) is 0 Å². The first-order valence-electron chi connectivity index (χ1n) is 18.6. The monoisotopic (exact) mass is 555 g/mol. The van der Waals surface area contributed by atoms with Crippen LogP contribution in [-0.2, 0) is 0 Å². The van der Waals surface area contributed by atoms with E-state index in [9.17, 15) is 4.11 Å². The van der Waals surface area contributed by atoms with Gasteiger partial charge in [-0.3, -0.25) is 0 Å². The first kappa shape index (κ1) is 16.7. The highest BCUT2D eigenvalue weighted by molar-refractivity contribution is 6.23. The first-order valence-corrected chi connectivity index (χ1v) is 14.1. The average molecular weight is 556 g/mol. The number of furan rings is 1. The van der Waals surface area contributed by atoms with Crippen LogP contribution in [0.15, 0.2) is 162 Å². The lowest BCUT2D eigenvalue weighted by molar-refractivity contribution is 0.672. The topological polar surface area (TPSA) is 13.1 Å². The molecule has 0 aliphatic rings. The van der Waals surface area contributed by atoms with E-state index in [1.165, 1.54) is 0 Å². The van der Waals surface area contributed by atoms with Crippen molar-refractivity contribution in [1.82, 2.24) is 0 Å². The van der Waals surface area contributed by atoms with Crippen molar-refractivity contribution in [3.63, 3.8) is 0 Å². The van der Waals surface area contributed by atoms with Crippen LogP contribution in [0, 0.1) is 0 Å². The van der Waals surface area contributed by atoms with Gasteiger partial charge in [-0.2, -0.15) is 0 Å². The lowest BCUT2D eigenvalue weighted by atomic mass is 9.83. The Morgan fingerprint density at radius 1 is 0.419 bits per heavy atom. The largest absolute Gasteiger partial charge is 0.455 e. The quantitative estimate of drug-likeness (QED) is 0.198. The molecule has 1 heterocycles. The van der Waals surface area contributed by atoms with E-state index in [1.54, 1.807) is 0 Å². The lowest BCUT2D eigenvalue weighted by Crippen LogP contribution is -1.92. The van der Waals surface area contributed by atoms with Crippen molar-refractivity contribution in [2.45, 2.75) is 0 Å². The van der Waals surface area contributed by atoms with Gasteiger partial charge < -0.3 is 4.42 Å². The number of benzene rings is 8. The van der Waals surface area contributed by atoms with Crippen LogP contribution in [0.5, 0.6) is 0 Å². The molecule has 0 radical (unpaired) electrons. The Kier molecular flexibility index (Phi) is 3.67. The number of hydrogen-bond donors (Lipinski definition) is 0. The summed E-state index contributed by atoms with van der Waals surface area (Å²) in [6, 6.07) is 30.5. The van der Waals surface area contributed by atoms with Crippen LogP contribution in [0.3, 0.4) is 0 Å². The van der Waals surface area contributed by atoms with Gasteiger partial charge >= 0.3 is 0 Å². The van der Waals surface area contributed by atoms with Crippen LogP contribution < -0.4 is 0 Å². The Morgan fingerprint density at radius 3 is 1.79 bits per heavy atom. The maximum Gasteiger partial charge on any atom is 0.143 e. The zero-order valence-electron chi connectivity index (χ0n) is 31.7. The van der Waals surface area contributed by atoms with Crippen molar-refractivity contribution in [1.29, 1.82) is 0 Å². The molecule has 1 nitrogen and oxygen atoms in total. The van der Waals surface area contributed by atoms with Gasteiger partial charge in [0.15, 0.2) is 0 Å². The molecule has 0 atom stereocenters. The van der Waals surface area contributed by atoms with Gasteiger partial charge in [0.25, 0.3) is 0 Å². The van der Waals surface area contributed by atoms with Crippen molar-refractivity contribution in [2.75, 3.05) is 0 Å². The first-order chi connectivity index (χ1) is 25.1. The van der Waals surface area contributed by atoms with Gasteiger partial charge in [0, 0.05) is 16.2 Å². The Hall–Kier alpha value is -5.66. The van der Waals surface area contributed by atoms with E-state index in [-0.39, 0.29) is 62.4 Å². The van der Waals surface area contributed by atoms with Crippen molar-refractivity contribution >= 4 is 54.3 Å². The Labute approximate surface area is 261 Å².